The van der Waals surface area contributed by atoms with Crippen molar-refractivity contribution in [2.24, 2.45) is 0 Å². The van der Waals surface area contributed by atoms with E-state index in [2.05, 4.69) is 6.58 Å². The average molecular weight is 503 g/mol. The SMILES string of the molecule is C=CCOc1ccc(COC2CCC(c3ccc(C4CCC(OCC)CC4)c(F)c3F)CC2)cc1F. The van der Waals surface area contributed by atoms with E-state index >= 15 is 8.78 Å². The van der Waals surface area contributed by atoms with Crippen LogP contribution in [0.25, 0.3) is 0 Å². The molecule has 2 aromatic rings. The number of rotatable bonds is 10. The predicted octanol–water partition coefficient (Wildman–Crippen LogP) is 7.97. The number of hydrogen-bond acceptors (Lipinski definition) is 3. The summed E-state index contributed by atoms with van der Waals surface area (Å²) in [6, 6.07) is 8.41. The first-order chi connectivity index (χ1) is 17.5. The van der Waals surface area contributed by atoms with Gasteiger partial charge >= 0.3 is 0 Å². The Morgan fingerprint density at radius 1 is 0.806 bits per heavy atom. The van der Waals surface area contributed by atoms with Crippen LogP contribution in [0.4, 0.5) is 13.2 Å². The molecule has 2 fully saturated rings. The third kappa shape index (κ3) is 6.51. The van der Waals surface area contributed by atoms with Gasteiger partial charge in [0.1, 0.15) is 6.61 Å². The van der Waals surface area contributed by atoms with Crippen molar-refractivity contribution < 1.29 is 27.4 Å². The van der Waals surface area contributed by atoms with E-state index in [1.165, 1.54) is 6.07 Å². The maximum absolute atomic E-state index is 15.1. The second kappa shape index (κ2) is 12.8. The molecule has 0 unspecified atom stereocenters. The molecule has 4 rings (SSSR count). The normalized spacial score (nSPS) is 24.4. The minimum absolute atomic E-state index is 0.0131. The highest BCUT2D eigenvalue weighted by molar-refractivity contribution is 5.32. The van der Waals surface area contributed by atoms with Crippen LogP contribution in [0, 0.1) is 17.5 Å². The Kier molecular flexibility index (Phi) is 9.49. The highest BCUT2D eigenvalue weighted by Gasteiger charge is 2.30. The highest BCUT2D eigenvalue weighted by Crippen LogP contribution is 2.40. The zero-order valence-corrected chi connectivity index (χ0v) is 21.1. The largest absolute Gasteiger partial charge is 0.486 e. The first-order valence-corrected chi connectivity index (χ1v) is 13.2. The van der Waals surface area contributed by atoms with E-state index in [1.807, 2.05) is 6.92 Å². The third-order valence-corrected chi connectivity index (χ3v) is 7.61. The van der Waals surface area contributed by atoms with Gasteiger partial charge in [0.2, 0.25) is 0 Å². The fourth-order valence-electron chi connectivity index (χ4n) is 5.64. The maximum Gasteiger partial charge on any atom is 0.165 e. The van der Waals surface area contributed by atoms with Crippen molar-refractivity contribution in [3.05, 3.63) is 77.1 Å². The molecule has 0 radical (unpaired) electrons. The van der Waals surface area contributed by atoms with Crippen molar-refractivity contribution in [3.8, 4) is 5.75 Å². The molecule has 0 aliphatic heterocycles. The van der Waals surface area contributed by atoms with Crippen LogP contribution in [0.15, 0.2) is 43.0 Å². The van der Waals surface area contributed by atoms with E-state index in [4.69, 9.17) is 14.2 Å². The van der Waals surface area contributed by atoms with Crippen molar-refractivity contribution in [3.63, 3.8) is 0 Å². The molecule has 6 heteroatoms. The van der Waals surface area contributed by atoms with Gasteiger partial charge in [0, 0.05) is 6.61 Å². The van der Waals surface area contributed by atoms with Crippen molar-refractivity contribution in [1.82, 2.24) is 0 Å². The van der Waals surface area contributed by atoms with E-state index in [0.717, 1.165) is 56.9 Å². The predicted molar refractivity (Wildman–Crippen MR) is 135 cm³/mol. The molecular formula is C30H37F3O3. The summed E-state index contributed by atoms with van der Waals surface area (Å²) in [5, 5.41) is 0. The minimum Gasteiger partial charge on any atom is -0.486 e. The van der Waals surface area contributed by atoms with Gasteiger partial charge in [-0.3, -0.25) is 0 Å². The number of hydrogen-bond donors (Lipinski definition) is 0. The van der Waals surface area contributed by atoms with Crippen LogP contribution in [0.5, 0.6) is 5.75 Å². The first-order valence-electron chi connectivity index (χ1n) is 13.2. The monoisotopic (exact) mass is 502 g/mol. The van der Waals surface area contributed by atoms with Crippen LogP contribution < -0.4 is 4.74 Å². The molecule has 2 aliphatic rings. The Bertz CT molecular complexity index is 1010. The van der Waals surface area contributed by atoms with Gasteiger partial charge in [0.15, 0.2) is 23.2 Å². The highest BCUT2D eigenvalue weighted by atomic mass is 19.2. The summed E-state index contributed by atoms with van der Waals surface area (Å²) >= 11 is 0. The van der Waals surface area contributed by atoms with E-state index in [1.54, 1.807) is 30.3 Å². The lowest BCUT2D eigenvalue weighted by atomic mass is 9.79. The number of halogens is 3. The van der Waals surface area contributed by atoms with Crippen LogP contribution in [0.2, 0.25) is 0 Å². The third-order valence-electron chi connectivity index (χ3n) is 7.61. The Balaban J connectivity index is 1.29. The van der Waals surface area contributed by atoms with Crippen LogP contribution in [-0.4, -0.2) is 25.4 Å². The molecule has 2 saturated carbocycles. The molecule has 0 bridgehead atoms. The second-order valence-electron chi connectivity index (χ2n) is 9.95. The van der Waals surface area contributed by atoms with Gasteiger partial charge in [-0.25, -0.2) is 13.2 Å². The van der Waals surface area contributed by atoms with Gasteiger partial charge in [0.05, 0.1) is 18.8 Å². The standard InChI is InChI=1S/C30H37F3O3/c1-3-17-35-28-16-5-20(18-27(28)31)19-36-24-12-8-22(9-13-24)26-15-14-25(29(32)30(26)33)21-6-10-23(11-7-21)34-4-2/h3,5,14-16,18,21-24H,1,4,6-13,17,19H2,2H3. The van der Waals surface area contributed by atoms with Crippen molar-refractivity contribution >= 4 is 0 Å². The Morgan fingerprint density at radius 2 is 1.36 bits per heavy atom. The molecule has 0 amide bonds. The smallest absolute Gasteiger partial charge is 0.165 e. The van der Waals surface area contributed by atoms with Crippen LogP contribution >= 0.6 is 0 Å². The first kappa shape index (κ1) is 26.7. The zero-order valence-electron chi connectivity index (χ0n) is 21.1. The molecule has 2 aromatic carbocycles. The fraction of sp³-hybridized carbons (Fsp3) is 0.533. The summed E-state index contributed by atoms with van der Waals surface area (Å²) in [7, 11) is 0. The molecule has 36 heavy (non-hydrogen) atoms. The van der Waals surface area contributed by atoms with E-state index < -0.39 is 17.5 Å². The summed E-state index contributed by atoms with van der Waals surface area (Å²) < 4.78 is 61.3. The quantitative estimate of drug-likeness (QED) is 0.308. The maximum atomic E-state index is 15.1. The summed E-state index contributed by atoms with van der Waals surface area (Å²) in [5.74, 6) is -1.54. The molecule has 2 aliphatic carbocycles. The second-order valence-corrected chi connectivity index (χ2v) is 9.95. The number of benzene rings is 2. The molecule has 0 aromatic heterocycles. The molecule has 0 N–H and O–H groups in total. The Labute approximate surface area is 212 Å². The summed E-state index contributed by atoms with van der Waals surface area (Å²) in [6.07, 6.45) is 8.28. The molecule has 196 valence electrons. The van der Waals surface area contributed by atoms with Crippen molar-refractivity contribution in [1.29, 1.82) is 0 Å². The molecule has 0 spiro atoms. The van der Waals surface area contributed by atoms with Crippen LogP contribution in [-0.2, 0) is 16.1 Å². The van der Waals surface area contributed by atoms with E-state index in [-0.39, 0.29) is 36.4 Å². The summed E-state index contributed by atoms with van der Waals surface area (Å²) in [5.41, 5.74) is 1.73. The minimum atomic E-state index is -0.682. The van der Waals surface area contributed by atoms with Gasteiger partial charge in [-0.1, -0.05) is 30.9 Å². The summed E-state index contributed by atoms with van der Waals surface area (Å²) in [6.45, 7) is 6.79. The van der Waals surface area contributed by atoms with Crippen LogP contribution in [0.3, 0.4) is 0 Å². The lowest BCUT2D eigenvalue weighted by molar-refractivity contribution is 0.0129. The van der Waals surface area contributed by atoms with Gasteiger partial charge in [-0.2, -0.15) is 0 Å². The molecule has 0 atom stereocenters. The molecule has 0 heterocycles. The van der Waals surface area contributed by atoms with Gasteiger partial charge in [0.25, 0.3) is 0 Å². The van der Waals surface area contributed by atoms with Crippen LogP contribution in [0.1, 0.15) is 86.8 Å². The molecule has 3 nitrogen and oxygen atoms in total. The van der Waals surface area contributed by atoms with Gasteiger partial charge in [-0.05, 0) is 98.9 Å². The number of ether oxygens (including phenoxy) is 3. The lowest BCUT2D eigenvalue weighted by Gasteiger charge is -2.31. The fourth-order valence-corrected chi connectivity index (χ4v) is 5.64. The van der Waals surface area contributed by atoms with E-state index in [9.17, 15) is 4.39 Å². The molecular weight excluding hydrogens is 465 g/mol. The van der Waals surface area contributed by atoms with Crippen molar-refractivity contribution in [2.45, 2.75) is 88.9 Å². The van der Waals surface area contributed by atoms with Crippen molar-refractivity contribution in [2.75, 3.05) is 13.2 Å². The average Bonchev–Trinajstić information content (AvgIpc) is 2.90. The lowest BCUT2D eigenvalue weighted by Crippen LogP contribution is -2.23. The topological polar surface area (TPSA) is 27.7 Å². The Morgan fingerprint density at radius 3 is 1.86 bits per heavy atom. The van der Waals surface area contributed by atoms with E-state index in [0.29, 0.717) is 24.3 Å². The Hall–Kier alpha value is -2.31. The molecule has 0 saturated heterocycles. The summed E-state index contributed by atoms with van der Waals surface area (Å²) in [4.78, 5) is 0. The van der Waals surface area contributed by atoms with Gasteiger partial charge in [-0.15, -0.1) is 0 Å². The van der Waals surface area contributed by atoms with Gasteiger partial charge < -0.3 is 14.2 Å². The zero-order chi connectivity index (χ0) is 25.5.